The Balaban J connectivity index is 2.02. The maximum Gasteiger partial charge on any atom is 0.106 e. The van der Waals surface area contributed by atoms with Crippen molar-refractivity contribution >= 4 is 15.9 Å². The minimum absolute atomic E-state index is 0.567. The lowest BCUT2D eigenvalue weighted by atomic mass is 10.2. The summed E-state index contributed by atoms with van der Waals surface area (Å²) in [6, 6.07) is 4.71. The van der Waals surface area contributed by atoms with Crippen molar-refractivity contribution in [2.75, 3.05) is 13.1 Å². The quantitative estimate of drug-likeness (QED) is 0.851. The number of rotatable bonds is 3. The van der Waals surface area contributed by atoms with Crippen LogP contribution in [0, 0.1) is 0 Å². The van der Waals surface area contributed by atoms with Gasteiger partial charge in [-0.2, -0.15) is 0 Å². The van der Waals surface area contributed by atoms with Crippen LogP contribution in [-0.4, -0.2) is 29.0 Å². The van der Waals surface area contributed by atoms with Gasteiger partial charge in [0.05, 0.1) is 0 Å². The summed E-state index contributed by atoms with van der Waals surface area (Å²) >= 11 is 3.39. The Bertz CT molecular complexity index is 329. The smallest absolute Gasteiger partial charge is 0.106 e. The molecule has 1 saturated heterocycles. The molecule has 0 radical (unpaired) electrons. The zero-order valence-electron chi connectivity index (χ0n) is 8.69. The second-order valence-electron chi connectivity index (χ2n) is 3.99. The van der Waals surface area contributed by atoms with Crippen LogP contribution < -0.4 is 5.73 Å². The first-order chi connectivity index (χ1) is 7.29. The van der Waals surface area contributed by atoms with E-state index in [1.807, 2.05) is 6.20 Å². The molecule has 2 heterocycles. The van der Waals surface area contributed by atoms with Crippen molar-refractivity contribution in [1.29, 1.82) is 0 Å². The summed E-state index contributed by atoms with van der Waals surface area (Å²) in [5, 5.41) is 0. The number of hydrogen-bond donors (Lipinski definition) is 1. The molecule has 4 heteroatoms. The van der Waals surface area contributed by atoms with Crippen LogP contribution in [-0.2, 0) is 6.54 Å². The van der Waals surface area contributed by atoms with Crippen LogP contribution >= 0.6 is 15.9 Å². The molecule has 0 aromatic carbocycles. The van der Waals surface area contributed by atoms with Crippen molar-refractivity contribution in [2.24, 2.45) is 5.73 Å². The molecule has 0 bridgehead atoms. The topological polar surface area (TPSA) is 42.1 Å². The van der Waals surface area contributed by atoms with Crippen molar-refractivity contribution in [2.45, 2.75) is 25.4 Å². The third kappa shape index (κ3) is 2.77. The van der Waals surface area contributed by atoms with E-state index in [2.05, 4.69) is 37.9 Å². The zero-order chi connectivity index (χ0) is 10.7. The van der Waals surface area contributed by atoms with Crippen molar-refractivity contribution in [1.82, 2.24) is 9.88 Å². The van der Waals surface area contributed by atoms with E-state index in [1.165, 1.54) is 24.9 Å². The fraction of sp³-hybridized carbons (Fsp3) is 0.545. The van der Waals surface area contributed by atoms with Gasteiger partial charge in [0, 0.05) is 25.3 Å². The van der Waals surface area contributed by atoms with Crippen LogP contribution in [0.2, 0.25) is 0 Å². The van der Waals surface area contributed by atoms with Gasteiger partial charge in [-0.25, -0.2) is 4.98 Å². The minimum Gasteiger partial charge on any atom is -0.329 e. The second-order valence-corrected chi connectivity index (χ2v) is 4.80. The number of nitrogens with two attached hydrogens (primary N) is 1. The highest BCUT2D eigenvalue weighted by Gasteiger charge is 2.22. The first kappa shape index (κ1) is 11.0. The van der Waals surface area contributed by atoms with E-state index in [4.69, 9.17) is 5.73 Å². The van der Waals surface area contributed by atoms with E-state index in [0.29, 0.717) is 6.04 Å². The number of hydrogen-bond acceptors (Lipinski definition) is 3. The van der Waals surface area contributed by atoms with Crippen LogP contribution in [0.15, 0.2) is 22.9 Å². The molecule has 1 fully saturated rings. The SMILES string of the molecule is NC[C@H]1CCCN1Cc1ccnc(Br)c1. The van der Waals surface area contributed by atoms with Gasteiger partial charge in [0.1, 0.15) is 4.60 Å². The highest BCUT2D eigenvalue weighted by Crippen LogP contribution is 2.19. The molecule has 1 atom stereocenters. The monoisotopic (exact) mass is 269 g/mol. The van der Waals surface area contributed by atoms with Gasteiger partial charge < -0.3 is 5.73 Å². The van der Waals surface area contributed by atoms with Crippen molar-refractivity contribution in [3.63, 3.8) is 0 Å². The summed E-state index contributed by atoms with van der Waals surface area (Å²) in [5.74, 6) is 0. The molecule has 1 aromatic rings. The van der Waals surface area contributed by atoms with Gasteiger partial charge in [0.25, 0.3) is 0 Å². The van der Waals surface area contributed by atoms with Crippen LogP contribution in [0.3, 0.4) is 0 Å². The van der Waals surface area contributed by atoms with E-state index in [0.717, 1.165) is 17.7 Å². The molecule has 1 aliphatic rings. The standard InChI is InChI=1S/C11H16BrN3/c12-11-6-9(3-4-14-11)8-15-5-1-2-10(15)7-13/h3-4,6,10H,1-2,5,7-8,13H2/t10-/m1/s1. The fourth-order valence-corrected chi connectivity index (χ4v) is 2.56. The summed E-state index contributed by atoms with van der Waals surface area (Å²) in [6.07, 6.45) is 4.35. The average Bonchev–Trinajstić information content (AvgIpc) is 2.65. The van der Waals surface area contributed by atoms with Gasteiger partial charge in [-0.1, -0.05) is 0 Å². The normalized spacial score (nSPS) is 22.1. The lowest BCUT2D eigenvalue weighted by molar-refractivity contribution is 0.250. The summed E-state index contributed by atoms with van der Waals surface area (Å²) in [6.45, 7) is 2.93. The first-order valence-corrected chi connectivity index (χ1v) is 6.13. The number of pyridine rings is 1. The lowest BCUT2D eigenvalue weighted by Gasteiger charge is -2.22. The number of nitrogens with zero attached hydrogens (tertiary/aromatic N) is 2. The van der Waals surface area contributed by atoms with E-state index < -0.39 is 0 Å². The molecule has 0 spiro atoms. The molecule has 1 aliphatic heterocycles. The Hall–Kier alpha value is -0.450. The Kier molecular flexibility index (Phi) is 3.72. The fourth-order valence-electron chi connectivity index (χ4n) is 2.15. The van der Waals surface area contributed by atoms with E-state index in [1.54, 1.807) is 0 Å². The third-order valence-corrected chi connectivity index (χ3v) is 3.38. The molecular formula is C11H16BrN3. The van der Waals surface area contributed by atoms with Crippen LogP contribution in [0.1, 0.15) is 18.4 Å². The molecule has 2 rings (SSSR count). The van der Waals surface area contributed by atoms with E-state index in [-0.39, 0.29) is 0 Å². The number of aromatic nitrogens is 1. The molecule has 15 heavy (non-hydrogen) atoms. The zero-order valence-corrected chi connectivity index (χ0v) is 10.3. The Morgan fingerprint density at radius 2 is 2.47 bits per heavy atom. The minimum atomic E-state index is 0.567. The van der Waals surface area contributed by atoms with Crippen molar-refractivity contribution in [3.8, 4) is 0 Å². The Morgan fingerprint density at radius 3 is 3.20 bits per heavy atom. The molecule has 82 valence electrons. The number of halogens is 1. The van der Waals surface area contributed by atoms with Gasteiger partial charge in [-0.05, 0) is 53.0 Å². The summed E-state index contributed by atoms with van der Waals surface area (Å²) in [5.41, 5.74) is 7.05. The third-order valence-electron chi connectivity index (χ3n) is 2.95. The maximum atomic E-state index is 5.74. The van der Waals surface area contributed by atoms with E-state index in [9.17, 15) is 0 Å². The van der Waals surface area contributed by atoms with Crippen LogP contribution in [0.25, 0.3) is 0 Å². The van der Waals surface area contributed by atoms with Gasteiger partial charge in [-0.3, -0.25) is 4.90 Å². The Labute approximate surface area is 98.8 Å². The lowest BCUT2D eigenvalue weighted by Crippen LogP contribution is -2.34. The highest BCUT2D eigenvalue weighted by atomic mass is 79.9. The van der Waals surface area contributed by atoms with Crippen LogP contribution in [0.4, 0.5) is 0 Å². The molecule has 0 unspecified atom stereocenters. The van der Waals surface area contributed by atoms with Crippen molar-refractivity contribution in [3.05, 3.63) is 28.5 Å². The summed E-state index contributed by atoms with van der Waals surface area (Å²) < 4.78 is 0.906. The first-order valence-electron chi connectivity index (χ1n) is 5.34. The average molecular weight is 270 g/mol. The molecule has 3 nitrogen and oxygen atoms in total. The van der Waals surface area contributed by atoms with Gasteiger partial charge in [0.15, 0.2) is 0 Å². The molecule has 2 N–H and O–H groups in total. The van der Waals surface area contributed by atoms with Gasteiger partial charge >= 0.3 is 0 Å². The maximum absolute atomic E-state index is 5.74. The second kappa shape index (κ2) is 5.05. The predicted octanol–water partition coefficient (Wildman–Crippen LogP) is 1.77. The Morgan fingerprint density at radius 1 is 1.60 bits per heavy atom. The number of likely N-dealkylation sites (tertiary alicyclic amines) is 1. The molecule has 0 aliphatic carbocycles. The van der Waals surface area contributed by atoms with Crippen molar-refractivity contribution < 1.29 is 0 Å². The largest absolute Gasteiger partial charge is 0.329 e. The predicted molar refractivity (Wildman–Crippen MR) is 64.4 cm³/mol. The van der Waals surface area contributed by atoms with E-state index >= 15 is 0 Å². The summed E-state index contributed by atoms with van der Waals surface area (Å²) in [7, 11) is 0. The molecule has 1 aromatic heterocycles. The van der Waals surface area contributed by atoms with Crippen LogP contribution in [0.5, 0.6) is 0 Å². The highest BCUT2D eigenvalue weighted by molar-refractivity contribution is 9.10. The van der Waals surface area contributed by atoms with Gasteiger partial charge in [-0.15, -0.1) is 0 Å². The molecule has 0 amide bonds. The molecular weight excluding hydrogens is 254 g/mol. The molecule has 0 saturated carbocycles. The van der Waals surface area contributed by atoms with Gasteiger partial charge in [0.2, 0.25) is 0 Å². The summed E-state index contributed by atoms with van der Waals surface area (Å²) in [4.78, 5) is 6.59.